The molecule has 0 bridgehead atoms. The molecule has 0 spiro atoms. The third-order valence-corrected chi connectivity index (χ3v) is 4.55. The van der Waals surface area contributed by atoms with Crippen LogP contribution in [0.25, 0.3) is 22.3 Å². The van der Waals surface area contributed by atoms with E-state index in [9.17, 15) is 9.90 Å². The Kier molecular flexibility index (Phi) is 3.04. The minimum atomic E-state index is -0.886. The van der Waals surface area contributed by atoms with Gasteiger partial charge in [0.15, 0.2) is 0 Å². The molecule has 2 N–H and O–H groups in total. The molecular formula is C18H19N3O2. The number of aromatic amines is 1. The number of benzene rings is 1. The zero-order valence-electron chi connectivity index (χ0n) is 13.3. The van der Waals surface area contributed by atoms with Crippen LogP contribution < -0.4 is 0 Å². The molecule has 0 saturated heterocycles. The molecule has 0 aliphatic heterocycles. The van der Waals surface area contributed by atoms with Crippen molar-refractivity contribution in [2.45, 2.75) is 33.2 Å². The minimum Gasteiger partial charge on any atom is -0.478 e. The Morgan fingerprint density at radius 1 is 1.39 bits per heavy atom. The number of hydrogen-bond donors (Lipinski definition) is 2. The van der Waals surface area contributed by atoms with Gasteiger partial charge in [-0.25, -0.2) is 4.79 Å². The molecule has 0 radical (unpaired) electrons. The number of carboxylic acid groups (broad SMARTS) is 1. The van der Waals surface area contributed by atoms with Gasteiger partial charge in [-0.3, -0.25) is 5.10 Å². The average Bonchev–Trinajstić information content (AvgIpc) is 3.09. The summed E-state index contributed by atoms with van der Waals surface area (Å²) in [5.74, 6) is -0.421. The molecule has 4 rings (SSSR count). The van der Waals surface area contributed by atoms with E-state index in [-0.39, 0.29) is 0 Å². The van der Waals surface area contributed by atoms with Crippen LogP contribution in [0, 0.1) is 5.92 Å². The quantitative estimate of drug-likeness (QED) is 0.778. The summed E-state index contributed by atoms with van der Waals surface area (Å²) in [6.45, 7) is 5.20. The maximum Gasteiger partial charge on any atom is 0.335 e. The van der Waals surface area contributed by atoms with Crippen molar-refractivity contribution in [3.05, 3.63) is 41.1 Å². The molecule has 1 aromatic carbocycles. The van der Waals surface area contributed by atoms with Crippen molar-refractivity contribution in [2.24, 2.45) is 5.92 Å². The number of carbonyl (C=O) groups is 1. The summed E-state index contributed by atoms with van der Waals surface area (Å²) >= 11 is 0. The number of hydrogen-bond acceptors (Lipinski definition) is 2. The summed E-state index contributed by atoms with van der Waals surface area (Å²) in [5.41, 5.74) is 6.03. The van der Waals surface area contributed by atoms with Crippen LogP contribution >= 0.6 is 0 Å². The standard InChI is InChI=1S/C18H19N3O2/c1-10(2)9-21-15-7-11(18(22)23)3-5-13(15)14-6-4-12-8-19-20-16(12)17(14)21/h3,5,7-8,10H,4,6,9H2,1-2H3,(H,19,20)(H,22,23). The Hall–Kier alpha value is -2.56. The van der Waals surface area contributed by atoms with Crippen molar-refractivity contribution in [3.8, 4) is 11.4 Å². The van der Waals surface area contributed by atoms with Crippen LogP contribution in [-0.2, 0) is 19.4 Å². The number of aromatic nitrogens is 3. The first kappa shape index (κ1) is 14.1. The lowest BCUT2D eigenvalue weighted by atomic mass is 9.94. The summed E-state index contributed by atoms with van der Waals surface area (Å²) in [7, 11) is 0. The minimum absolute atomic E-state index is 0.333. The lowest BCUT2D eigenvalue weighted by Gasteiger charge is -2.17. The molecule has 118 valence electrons. The van der Waals surface area contributed by atoms with Crippen LogP contribution in [0.1, 0.15) is 35.3 Å². The van der Waals surface area contributed by atoms with Gasteiger partial charge >= 0.3 is 5.97 Å². The predicted molar refractivity (Wildman–Crippen MR) is 88.7 cm³/mol. The normalized spacial score (nSPS) is 13.3. The fourth-order valence-corrected chi connectivity index (χ4v) is 3.60. The Bertz CT molecular complexity index is 918. The molecule has 1 aliphatic carbocycles. The third kappa shape index (κ3) is 2.07. The van der Waals surface area contributed by atoms with E-state index in [1.54, 1.807) is 12.1 Å². The van der Waals surface area contributed by atoms with Crippen molar-refractivity contribution in [2.75, 3.05) is 0 Å². The molecule has 0 fully saturated rings. The SMILES string of the molecule is CC(C)Cn1c2c(c3ccc(C(=O)O)cc31)CCc1c[nH]nc1-2. The Morgan fingerprint density at radius 2 is 2.22 bits per heavy atom. The monoisotopic (exact) mass is 309 g/mol. The zero-order chi connectivity index (χ0) is 16.1. The van der Waals surface area contributed by atoms with Gasteiger partial charge in [-0.15, -0.1) is 0 Å². The summed E-state index contributed by atoms with van der Waals surface area (Å²) < 4.78 is 2.25. The smallest absolute Gasteiger partial charge is 0.335 e. The van der Waals surface area contributed by atoms with Crippen LogP contribution in [0.5, 0.6) is 0 Å². The largest absolute Gasteiger partial charge is 0.478 e. The number of nitrogens with one attached hydrogen (secondary N) is 1. The predicted octanol–water partition coefficient (Wildman–Crippen LogP) is 3.48. The molecule has 5 heteroatoms. The molecule has 23 heavy (non-hydrogen) atoms. The van der Waals surface area contributed by atoms with Gasteiger partial charge in [-0.2, -0.15) is 5.10 Å². The zero-order valence-corrected chi connectivity index (χ0v) is 13.3. The Balaban J connectivity index is 2.06. The molecule has 2 heterocycles. The van der Waals surface area contributed by atoms with Gasteiger partial charge in [-0.1, -0.05) is 19.9 Å². The molecular weight excluding hydrogens is 290 g/mol. The molecule has 0 saturated carbocycles. The fraction of sp³-hybridized carbons (Fsp3) is 0.333. The van der Waals surface area contributed by atoms with Crippen molar-refractivity contribution < 1.29 is 9.90 Å². The van der Waals surface area contributed by atoms with E-state index in [0.717, 1.165) is 41.7 Å². The van der Waals surface area contributed by atoms with Crippen LogP contribution in [0.3, 0.4) is 0 Å². The van der Waals surface area contributed by atoms with Crippen LogP contribution in [-0.4, -0.2) is 25.8 Å². The van der Waals surface area contributed by atoms with E-state index in [2.05, 4.69) is 28.6 Å². The van der Waals surface area contributed by atoms with Crippen molar-refractivity contribution in [1.82, 2.24) is 14.8 Å². The van der Waals surface area contributed by atoms with E-state index in [1.807, 2.05) is 12.3 Å². The molecule has 5 nitrogen and oxygen atoms in total. The molecule has 0 unspecified atom stereocenters. The molecule has 0 amide bonds. The number of aromatic carboxylic acids is 1. The lowest BCUT2D eigenvalue weighted by Crippen LogP contribution is -2.10. The Labute approximate surface area is 133 Å². The highest BCUT2D eigenvalue weighted by Gasteiger charge is 2.26. The van der Waals surface area contributed by atoms with Crippen molar-refractivity contribution in [1.29, 1.82) is 0 Å². The number of rotatable bonds is 3. The lowest BCUT2D eigenvalue weighted by molar-refractivity contribution is 0.0697. The first-order chi connectivity index (χ1) is 11.1. The number of carboxylic acids is 1. The second kappa shape index (κ2) is 4.98. The van der Waals surface area contributed by atoms with Crippen molar-refractivity contribution in [3.63, 3.8) is 0 Å². The van der Waals surface area contributed by atoms with E-state index < -0.39 is 5.97 Å². The van der Waals surface area contributed by atoms with E-state index >= 15 is 0 Å². The van der Waals surface area contributed by atoms with Crippen molar-refractivity contribution >= 4 is 16.9 Å². The maximum atomic E-state index is 11.4. The molecule has 2 aromatic heterocycles. The van der Waals surface area contributed by atoms with Gasteiger partial charge in [0.25, 0.3) is 0 Å². The number of aryl methyl sites for hydroxylation is 2. The van der Waals surface area contributed by atoms with Gasteiger partial charge in [0.1, 0.15) is 5.69 Å². The summed E-state index contributed by atoms with van der Waals surface area (Å²) in [4.78, 5) is 11.4. The first-order valence-corrected chi connectivity index (χ1v) is 7.97. The highest BCUT2D eigenvalue weighted by molar-refractivity contribution is 5.98. The molecule has 1 aliphatic rings. The van der Waals surface area contributed by atoms with Crippen LogP contribution in [0.4, 0.5) is 0 Å². The van der Waals surface area contributed by atoms with Crippen LogP contribution in [0.2, 0.25) is 0 Å². The average molecular weight is 309 g/mol. The van der Waals surface area contributed by atoms with Crippen LogP contribution in [0.15, 0.2) is 24.4 Å². The summed E-state index contributed by atoms with van der Waals surface area (Å²) in [6.07, 6.45) is 3.91. The molecule has 0 atom stereocenters. The van der Waals surface area contributed by atoms with Gasteiger partial charge in [0.05, 0.1) is 11.3 Å². The summed E-state index contributed by atoms with van der Waals surface area (Å²) in [6, 6.07) is 5.45. The number of fused-ring (bicyclic) bond motifs is 5. The van der Waals surface area contributed by atoms with E-state index in [0.29, 0.717) is 11.5 Å². The fourth-order valence-electron chi connectivity index (χ4n) is 3.60. The highest BCUT2D eigenvalue weighted by Crippen LogP contribution is 2.39. The summed E-state index contributed by atoms with van der Waals surface area (Å²) in [5, 5.41) is 17.9. The maximum absolute atomic E-state index is 11.4. The van der Waals surface area contributed by atoms with Gasteiger partial charge in [-0.05, 0) is 42.0 Å². The van der Waals surface area contributed by atoms with Gasteiger partial charge < -0.3 is 9.67 Å². The first-order valence-electron chi connectivity index (χ1n) is 7.97. The second-order valence-corrected chi connectivity index (χ2v) is 6.63. The van der Waals surface area contributed by atoms with Gasteiger partial charge in [0.2, 0.25) is 0 Å². The van der Waals surface area contributed by atoms with Gasteiger partial charge in [0, 0.05) is 23.6 Å². The Morgan fingerprint density at radius 3 is 2.96 bits per heavy atom. The molecule has 3 aromatic rings. The third-order valence-electron chi connectivity index (χ3n) is 4.55. The van der Waals surface area contributed by atoms with E-state index in [4.69, 9.17) is 0 Å². The highest BCUT2D eigenvalue weighted by atomic mass is 16.4. The topological polar surface area (TPSA) is 70.9 Å². The number of H-pyrrole nitrogens is 1. The van der Waals surface area contributed by atoms with E-state index in [1.165, 1.54) is 11.1 Å². The second-order valence-electron chi connectivity index (χ2n) is 6.63. The number of nitrogens with zero attached hydrogens (tertiary/aromatic N) is 2.